The number of likely N-dealkylation sites (N-methyl/N-ethyl adjacent to an activating group) is 1. The lowest BCUT2D eigenvalue weighted by Crippen LogP contribution is -2.36. The highest BCUT2D eigenvalue weighted by molar-refractivity contribution is 5.90. The molecule has 7 nitrogen and oxygen atoms in total. The highest BCUT2D eigenvalue weighted by atomic mass is 19.2. The Labute approximate surface area is 178 Å². The van der Waals surface area contributed by atoms with E-state index in [-0.39, 0.29) is 12.1 Å². The van der Waals surface area contributed by atoms with Gasteiger partial charge in [-0.25, -0.2) is 8.78 Å². The van der Waals surface area contributed by atoms with Crippen molar-refractivity contribution in [1.29, 1.82) is 0 Å². The Bertz CT molecular complexity index is 1170. The molecule has 0 saturated carbocycles. The number of aryl methyl sites for hydroxylation is 3. The molecule has 1 amide bonds. The minimum Gasteiger partial charge on any atom is -0.481 e. The summed E-state index contributed by atoms with van der Waals surface area (Å²) in [4.78, 5) is 23.4. The zero-order valence-electron chi connectivity index (χ0n) is 17.7. The molecule has 1 heterocycles. The molecule has 9 heteroatoms. The van der Waals surface area contributed by atoms with Crippen LogP contribution in [0.3, 0.4) is 0 Å². The summed E-state index contributed by atoms with van der Waals surface area (Å²) < 4.78 is 31.0. The van der Waals surface area contributed by atoms with E-state index in [1.807, 2.05) is 26.1 Å². The first-order chi connectivity index (χ1) is 14.6. The van der Waals surface area contributed by atoms with Gasteiger partial charge in [-0.05, 0) is 61.3 Å². The summed E-state index contributed by atoms with van der Waals surface area (Å²) in [5.74, 6) is -4.08. The zero-order chi connectivity index (χ0) is 22.9. The highest BCUT2D eigenvalue weighted by Crippen LogP contribution is 2.35. The van der Waals surface area contributed by atoms with Crippen molar-refractivity contribution in [3.63, 3.8) is 0 Å². The van der Waals surface area contributed by atoms with E-state index in [0.717, 1.165) is 28.1 Å². The summed E-state index contributed by atoms with van der Waals surface area (Å²) in [6.07, 6.45) is 1.28. The fourth-order valence-corrected chi connectivity index (χ4v) is 3.90. The molecule has 3 aromatic rings. The molecule has 1 atom stereocenters. The minimum absolute atomic E-state index is 0.0888. The lowest BCUT2D eigenvalue weighted by molar-refractivity contribution is -0.137. The summed E-state index contributed by atoms with van der Waals surface area (Å²) in [6.45, 7) is 3.62. The Morgan fingerprint density at radius 2 is 1.94 bits per heavy atom. The summed E-state index contributed by atoms with van der Waals surface area (Å²) in [7, 11) is 3.35. The van der Waals surface area contributed by atoms with Gasteiger partial charge >= 0.3 is 5.97 Å². The molecule has 0 aliphatic rings. The molecule has 0 saturated heterocycles. The van der Waals surface area contributed by atoms with Crippen LogP contribution in [-0.2, 0) is 16.6 Å². The monoisotopic (exact) mass is 430 g/mol. The van der Waals surface area contributed by atoms with Gasteiger partial charge in [0.2, 0.25) is 5.91 Å². The number of nitrogens with one attached hydrogen (secondary N) is 2. The first kappa shape index (κ1) is 22.4. The van der Waals surface area contributed by atoms with Gasteiger partial charge in [0.1, 0.15) is 0 Å². The van der Waals surface area contributed by atoms with E-state index in [0.29, 0.717) is 11.1 Å². The Hall–Kier alpha value is -3.33. The Morgan fingerprint density at radius 1 is 1.23 bits per heavy atom. The topological polar surface area (TPSA) is 96.3 Å². The third-order valence-corrected chi connectivity index (χ3v) is 5.13. The van der Waals surface area contributed by atoms with Gasteiger partial charge in [-0.1, -0.05) is 0 Å². The molecule has 0 fully saturated rings. The van der Waals surface area contributed by atoms with Crippen molar-refractivity contribution < 1.29 is 23.5 Å². The molecule has 0 spiro atoms. The molecule has 0 aliphatic heterocycles. The average Bonchev–Trinajstić information content (AvgIpc) is 3.04. The first-order valence-electron chi connectivity index (χ1n) is 9.71. The average molecular weight is 430 g/mol. The minimum atomic E-state index is -1.25. The molecular weight excluding hydrogens is 406 g/mol. The lowest BCUT2D eigenvalue weighted by Gasteiger charge is -2.20. The molecule has 31 heavy (non-hydrogen) atoms. The predicted octanol–water partition coefficient (Wildman–Crippen LogP) is 2.99. The van der Waals surface area contributed by atoms with Crippen LogP contribution in [-0.4, -0.2) is 40.4 Å². The fraction of sp³-hybridized carbons (Fsp3) is 0.318. The number of benzene rings is 2. The number of carbonyl (C=O) groups is 2. The molecule has 3 rings (SSSR count). The van der Waals surface area contributed by atoms with Gasteiger partial charge in [-0.15, -0.1) is 0 Å². The summed E-state index contributed by atoms with van der Waals surface area (Å²) in [6, 6.07) is 3.16. The third-order valence-electron chi connectivity index (χ3n) is 5.13. The number of fused-ring (bicyclic) bond motifs is 1. The van der Waals surface area contributed by atoms with Crippen molar-refractivity contribution in [1.82, 2.24) is 20.4 Å². The van der Waals surface area contributed by atoms with Crippen LogP contribution in [0.2, 0.25) is 0 Å². The zero-order valence-corrected chi connectivity index (χ0v) is 17.7. The van der Waals surface area contributed by atoms with Crippen LogP contribution in [0, 0.1) is 25.5 Å². The second-order valence-electron chi connectivity index (χ2n) is 7.54. The van der Waals surface area contributed by atoms with Gasteiger partial charge in [0.15, 0.2) is 11.6 Å². The van der Waals surface area contributed by atoms with Crippen LogP contribution in [0.25, 0.3) is 22.0 Å². The number of hydrogen-bond acceptors (Lipinski definition) is 4. The number of carbonyl (C=O) groups excluding carboxylic acids is 1. The van der Waals surface area contributed by atoms with Gasteiger partial charge in [-0.3, -0.25) is 14.3 Å². The Balaban J connectivity index is 2.17. The van der Waals surface area contributed by atoms with Gasteiger partial charge < -0.3 is 15.7 Å². The molecule has 2 aromatic carbocycles. The van der Waals surface area contributed by atoms with Gasteiger partial charge in [0, 0.05) is 24.2 Å². The van der Waals surface area contributed by atoms with Crippen molar-refractivity contribution >= 4 is 22.8 Å². The van der Waals surface area contributed by atoms with Crippen molar-refractivity contribution in [2.75, 3.05) is 13.6 Å². The maximum absolute atomic E-state index is 14.7. The van der Waals surface area contributed by atoms with Crippen LogP contribution in [0.1, 0.15) is 29.2 Å². The van der Waals surface area contributed by atoms with E-state index in [4.69, 9.17) is 0 Å². The van der Waals surface area contributed by atoms with Crippen molar-refractivity contribution in [2.45, 2.75) is 26.3 Å². The molecule has 1 unspecified atom stereocenters. The number of aliphatic carboxylic acids is 1. The number of carboxylic acid groups (broad SMARTS) is 1. The van der Waals surface area contributed by atoms with Crippen molar-refractivity contribution in [2.24, 2.45) is 7.05 Å². The van der Waals surface area contributed by atoms with E-state index < -0.39 is 36.0 Å². The fourth-order valence-electron chi connectivity index (χ4n) is 3.90. The van der Waals surface area contributed by atoms with Crippen molar-refractivity contribution in [3.8, 4) is 11.1 Å². The van der Waals surface area contributed by atoms with E-state index >= 15 is 0 Å². The SMILES string of the molecule is CNCC(=O)NC(CC(=O)O)c1cc(-c2c(C)cc3cn(C)nc3c2C)cc(F)c1F. The van der Waals surface area contributed by atoms with Crippen LogP contribution in [0.4, 0.5) is 8.78 Å². The molecular formula is C22H24F2N4O3. The quantitative estimate of drug-likeness (QED) is 0.536. The normalized spacial score (nSPS) is 12.2. The highest BCUT2D eigenvalue weighted by Gasteiger charge is 2.25. The molecule has 0 aliphatic carbocycles. The van der Waals surface area contributed by atoms with Gasteiger partial charge in [-0.2, -0.15) is 5.10 Å². The molecule has 0 bridgehead atoms. The number of rotatable bonds is 7. The predicted molar refractivity (Wildman–Crippen MR) is 113 cm³/mol. The van der Waals surface area contributed by atoms with Crippen LogP contribution in [0.15, 0.2) is 24.4 Å². The van der Waals surface area contributed by atoms with E-state index in [1.54, 1.807) is 18.8 Å². The van der Waals surface area contributed by atoms with Gasteiger partial charge in [0.05, 0.1) is 24.5 Å². The Kier molecular flexibility index (Phi) is 6.35. The number of hydrogen-bond donors (Lipinski definition) is 3. The van der Waals surface area contributed by atoms with E-state index in [2.05, 4.69) is 15.7 Å². The third kappa shape index (κ3) is 4.56. The lowest BCUT2D eigenvalue weighted by atomic mass is 9.91. The Morgan fingerprint density at radius 3 is 2.58 bits per heavy atom. The number of carboxylic acids is 1. The maximum Gasteiger partial charge on any atom is 0.305 e. The number of amides is 1. The standard InChI is InChI=1S/C22H24F2N4O3/c1-11-5-14-10-28(4)27-22(14)12(2)20(11)13-6-15(21(24)16(23)7-13)17(8-19(30)31)26-18(29)9-25-3/h5-7,10,17,25H,8-9H2,1-4H3,(H,26,29)(H,30,31). The second kappa shape index (κ2) is 8.81. The first-order valence-corrected chi connectivity index (χ1v) is 9.71. The van der Waals surface area contributed by atoms with Crippen LogP contribution < -0.4 is 10.6 Å². The van der Waals surface area contributed by atoms with Gasteiger partial charge in [0.25, 0.3) is 0 Å². The molecule has 164 valence electrons. The summed E-state index contributed by atoms with van der Waals surface area (Å²) in [5, 5.41) is 19.7. The number of nitrogens with zero attached hydrogens (tertiary/aromatic N) is 2. The smallest absolute Gasteiger partial charge is 0.305 e. The van der Waals surface area contributed by atoms with Crippen LogP contribution in [0.5, 0.6) is 0 Å². The molecule has 3 N–H and O–H groups in total. The summed E-state index contributed by atoms with van der Waals surface area (Å²) >= 11 is 0. The van der Waals surface area contributed by atoms with E-state index in [9.17, 15) is 23.5 Å². The molecule has 1 aromatic heterocycles. The summed E-state index contributed by atoms with van der Waals surface area (Å²) in [5.41, 5.74) is 3.21. The van der Waals surface area contributed by atoms with Crippen LogP contribution >= 0.6 is 0 Å². The number of halogens is 2. The second-order valence-corrected chi connectivity index (χ2v) is 7.54. The number of aromatic nitrogens is 2. The maximum atomic E-state index is 14.7. The molecule has 0 radical (unpaired) electrons. The largest absolute Gasteiger partial charge is 0.481 e. The van der Waals surface area contributed by atoms with Crippen molar-refractivity contribution in [3.05, 3.63) is 52.7 Å². The van der Waals surface area contributed by atoms with E-state index in [1.165, 1.54) is 6.07 Å².